The van der Waals surface area contributed by atoms with Crippen molar-refractivity contribution in [2.45, 2.75) is 31.3 Å². The average molecular weight is 453 g/mol. The van der Waals surface area contributed by atoms with Crippen LogP contribution in [0.2, 0.25) is 0 Å². The van der Waals surface area contributed by atoms with E-state index in [9.17, 15) is 4.79 Å². The number of ether oxygens (including phenoxy) is 4. The summed E-state index contributed by atoms with van der Waals surface area (Å²) in [6, 6.07) is 15.6. The van der Waals surface area contributed by atoms with Crippen LogP contribution in [-0.2, 0) is 28.8 Å². The third-order valence-electron chi connectivity index (χ3n) is 5.50. The Balaban J connectivity index is 1.19. The van der Waals surface area contributed by atoms with Gasteiger partial charge < -0.3 is 18.9 Å². The molecule has 2 saturated heterocycles. The normalized spacial score (nSPS) is 24.4. The molecule has 7 heteroatoms. The summed E-state index contributed by atoms with van der Waals surface area (Å²) < 4.78 is 22.2. The molecule has 4 rings (SSSR count). The number of carbonyl (C=O) groups excluding carboxylic acids is 1. The monoisotopic (exact) mass is 452 g/mol. The Kier molecular flexibility index (Phi) is 7.91. The highest BCUT2D eigenvalue weighted by molar-refractivity contribution is 5.87. The first-order valence-electron chi connectivity index (χ1n) is 10.9. The van der Waals surface area contributed by atoms with E-state index in [1.807, 2.05) is 67.6 Å². The second-order valence-corrected chi connectivity index (χ2v) is 7.91. The molecule has 7 nitrogen and oxygen atoms in total. The van der Waals surface area contributed by atoms with Crippen molar-refractivity contribution in [3.05, 3.63) is 77.4 Å². The fourth-order valence-corrected chi connectivity index (χ4v) is 3.71. The number of benzene rings is 2. The van der Waals surface area contributed by atoms with Crippen LogP contribution in [0.25, 0.3) is 12.2 Å². The van der Waals surface area contributed by atoms with Crippen LogP contribution in [0.5, 0.6) is 5.75 Å². The Labute approximate surface area is 193 Å². The van der Waals surface area contributed by atoms with E-state index in [1.54, 1.807) is 13.2 Å². The molecule has 0 amide bonds. The summed E-state index contributed by atoms with van der Waals surface area (Å²) in [5.74, 6) is 0.378. The van der Waals surface area contributed by atoms with Gasteiger partial charge in [0.15, 0.2) is 6.10 Å². The van der Waals surface area contributed by atoms with E-state index in [4.69, 9.17) is 28.7 Å². The highest BCUT2D eigenvalue weighted by atomic mass is 17.2. The number of hydrogen-bond donors (Lipinski definition) is 0. The van der Waals surface area contributed by atoms with Crippen LogP contribution in [0.4, 0.5) is 0 Å². The third kappa shape index (κ3) is 6.30. The molecule has 33 heavy (non-hydrogen) atoms. The maximum absolute atomic E-state index is 12.2. The number of rotatable bonds is 9. The van der Waals surface area contributed by atoms with E-state index in [-0.39, 0.29) is 31.5 Å². The second-order valence-electron chi connectivity index (χ2n) is 7.91. The first kappa shape index (κ1) is 23.2. The summed E-state index contributed by atoms with van der Waals surface area (Å²) in [4.78, 5) is 23.0. The Morgan fingerprint density at radius 2 is 1.58 bits per heavy atom. The lowest BCUT2D eigenvalue weighted by molar-refractivity contribution is -0.326. The average Bonchev–Trinajstić information content (AvgIpc) is 3.42. The SMILES string of the molecule is COc1ccc(/C=C/COO[C@H]2CO[C@H]3[C@@H]2OC[C@H]3OC(=O)/C=C\c2ccc(C)cc2)cc1. The van der Waals surface area contributed by atoms with Crippen LogP contribution < -0.4 is 4.74 Å². The van der Waals surface area contributed by atoms with Gasteiger partial charge in [0, 0.05) is 6.08 Å². The van der Waals surface area contributed by atoms with Crippen molar-refractivity contribution in [1.29, 1.82) is 0 Å². The highest BCUT2D eigenvalue weighted by Crippen LogP contribution is 2.30. The minimum Gasteiger partial charge on any atom is -0.497 e. The number of methoxy groups -OCH3 is 1. The van der Waals surface area contributed by atoms with Gasteiger partial charge in [-0.05, 0) is 36.3 Å². The van der Waals surface area contributed by atoms with Crippen molar-refractivity contribution >= 4 is 18.1 Å². The summed E-state index contributed by atoms with van der Waals surface area (Å²) in [6.07, 6.45) is 5.37. The number of aryl methyl sites for hydroxylation is 1. The van der Waals surface area contributed by atoms with E-state index in [0.717, 1.165) is 22.4 Å². The predicted octanol–water partition coefficient (Wildman–Crippen LogP) is 3.76. The van der Waals surface area contributed by atoms with E-state index in [0.29, 0.717) is 6.61 Å². The summed E-state index contributed by atoms with van der Waals surface area (Å²) in [5.41, 5.74) is 3.13. The Morgan fingerprint density at radius 1 is 0.939 bits per heavy atom. The first-order valence-corrected chi connectivity index (χ1v) is 10.9. The van der Waals surface area contributed by atoms with Crippen molar-refractivity contribution in [3.63, 3.8) is 0 Å². The maximum atomic E-state index is 12.2. The quantitative estimate of drug-likeness (QED) is 0.189. The van der Waals surface area contributed by atoms with Crippen molar-refractivity contribution < 1.29 is 33.5 Å². The fourth-order valence-electron chi connectivity index (χ4n) is 3.71. The largest absolute Gasteiger partial charge is 0.497 e. The lowest BCUT2D eigenvalue weighted by Crippen LogP contribution is -2.34. The van der Waals surface area contributed by atoms with Crippen LogP contribution in [0.3, 0.4) is 0 Å². The van der Waals surface area contributed by atoms with Gasteiger partial charge >= 0.3 is 5.97 Å². The predicted molar refractivity (Wildman–Crippen MR) is 122 cm³/mol. The summed E-state index contributed by atoms with van der Waals surface area (Å²) in [6.45, 7) is 2.87. The van der Waals surface area contributed by atoms with E-state index >= 15 is 0 Å². The van der Waals surface area contributed by atoms with Crippen LogP contribution >= 0.6 is 0 Å². The molecule has 2 heterocycles. The van der Waals surface area contributed by atoms with E-state index < -0.39 is 12.1 Å². The first-order chi connectivity index (χ1) is 16.1. The smallest absolute Gasteiger partial charge is 0.331 e. The second kappa shape index (κ2) is 11.2. The van der Waals surface area contributed by atoms with Crippen LogP contribution in [0, 0.1) is 6.92 Å². The lowest BCUT2D eigenvalue weighted by atomic mass is 10.1. The van der Waals surface area contributed by atoms with E-state index in [1.165, 1.54) is 6.08 Å². The zero-order valence-electron chi connectivity index (χ0n) is 18.7. The summed E-state index contributed by atoms with van der Waals surface area (Å²) in [7, 11) is 1.64. The number of carbonyl (C=O) groups is 1. The topological polar surface area (TPSA) is 72.5 Å². The molecular weight excluding hydrogens is 424 g/mol. The van der Waals surface area contributed by atoms with Crippen LogP contribution in [0.1, 0.15) is 16.7 Å². The van der Waals surface area contributed by atoms with Gasteiger partial charge in [-0.25, -0.2) is 14.6 Å². The molecule has 174 valence electrons. The molecule has 4 atom stereocenters. The standard InChI is InChI=1S/C26H28O7/c1-18-5-7-20(8-6-18)11-14-24(27)32-22-16-29-26-23(17-30-25(22)26)33-31-15-3-4-19-9-12-21(28-2)13-10-19/h3-14,22-23,25-26H,15-17H2,1-2H3/b4-3+,14-11-/t22-,23+,25-,26-/m1/s1. The van der Waals surface area contributed by atoms with Gasteiger partial charge in [0.05, 0.1) is 20.3 Å². The van der Waals surface area contributed by atoms with Gasteiger partial charge in [-0.3, -0.25) is 0 Å². The molecular formula is C26H28O7. The highest BCUT2D eigenvalue weighted by Gasteiger charge is 2.50. The van der Waals surface area contributed by atoms with Gasteiger partial charge in [0.2, 0.25) is 0 Å². The van der Waals surface area contributed by atoms with Crippen LogP contribution in [0.15, 0.2) is 60.7 Å². The molecule has 2 aromatic carbocycles. The van der Waals surface area contributed by atoms with E-state index in [2.05, 4.69) is 0 Å². The molecule has 0 unspecified atom stereocenters. The zero-order valence-corrected chi connectivity index (χ0v) is 18.7. The molecule has 0 N–H and O–H groups in total. The zero-order chi connectivity index (χ0) is 23.0. The minimum atomic E-state index is -0.478. The van der Waals surface area contributed by atoms with Crippen molar-refractivity contribution in [1.82, 2.24) is 0 Å². The van der Waals surface area contributed by atoms with Crippen molar-refractivity contribution in [3.8, 4) is 5.75 Å². The molecule has 2 aliphatic rings. The van der Waals surface area contributed by atoms with Gasteiger partial charge in [-0.2, -0.15) is 0 Å². The third-order valence-corrected chi connectivity index (χ3v) is 5.50. The molecule has 0 aromatic heterocycles. The van der Waals surface area contributed by atoms with Gasteiger partial charge in [-0.1, -0.05) is 54.1 Å². The van der Waals surface area contributed by atoms with Crippen molar-refractivity contribution in [2.24, 2.45) is 0 Å². The molecule has 0 bridgehead atoms. The molecule has 0 radical (unpaired) electrons. The molecule has 2 aromatic rings. The Hall–Kier alpha value is -2.97. The maximum Gasteiger partial charge on any atom is 0.331 e. The van der Waals surface area contributed by atoms with Crippen LogP contribution in [-0.4, -0.2) is 57.3 Å². The molecule has 0 spiro atoms. The van der Waals surface area contributed by atoms with Gasteiger partial charge in [0.25, 0.3) is 0 Å². The van der Waals surface area contributed by atoms with Gasteiger partial charge in [0.1, 0.15) is 30.7 Å². The minimum absolute atomic E-state index is 0.261. The summed E-state index contributed by atoms with van der Waals surface area (Å²) >= 11 is 0. The fraction of sp³-hybridized carbons (Fsp3) is 0.346. The molecule has 2 aliphatic heterocycles. The number of esters is 1. The number of fused-ring (bicyclic) bond motifs is 1. The molecule has 0 saturated carbocycles. The lowest BCUT2D eigenvalue weighted by Gasteiger charge is -2.16. The van der Waals surface area contributed by atoms with Gasteiger partial charge in [-0.15, -0.1) is 0 Å². The molecule has 0 aliphatic carbocycles. The van der Waals surface area contributed by atoms with Crippen molar-refractivity contribution in [2.75, 3.05) is 26.9 Å². The Morgan fingerprint density at radius 3 is 2.30 bits per heavy atom. The summed E-state index contributed by atoms with van der Waals surface area (Å²) in [5, 5.41) is 0. The molecule has 2 fully saturated rings. The Bertz CT molecular complexity index is 965. The number of hydrogen-bond acceptors (Lipinski definition) is 7.